The zero-order chi connectivity index (χ0) is 12.0. The van der Waals surface area contributed by atoms with Crippen molar-refractivity contribution in [2.75, 3.05) is 19.7 Å². The minimum atomic E-state index is -0.0387. The van der Waals surface area contributed by atoms with Crippen LogP contribution in [0, 0.1) is 5.92 Å². The third-order valence-electron chi connectivity index (χ3n) is 3.06. The van der Waals surface area contributed by atoms with Crippen molar-refractivity contribution in [1.82, 2.24) is 4.90 Å². The van der Waals surface area contributed by atoms with E-state index in [4.69, 9.17) is 4.74 Å². The third kappa shape index (κ3) is 4.52. The number of piperidine rings is 1. The summed E-state index contributed by atoms with van der Waals surface area (Å²) in [5.41, 5.74) is 0. The van der Waals surface area contributed by atoms with Gasteiger partial charge in [-0.3, -0.25) is 9.69 Å². The molecule has 1 aliphatic rings. The maximum Gasteiger partial charge on any atom is 0.307 e. The Kier molecular flexibility index (Phi) is 5.81. The lowest BCUT2D eigenvalue weighted by atomic mass is 9.98. The zero-order valence-corrected chi connectivity index (χ0v) is 10.9. The fourth-order valence-corrected chi connectivity index (χ4v) is 2.41. The summed E-state index contributed by atoms with van der Waals surface area (Å²) in [6.45, 7) is 9.07. The van der Waals surface area contributed by atoms with Crippen LogP contribution in [-0.2, 0) is 9.53 Å². The summed E-state index contributed by atoms with van der Waals surface area (Å²) in [6.07, 6.45) is 4.23. The molecule has 0 aliphatic carbocycles. The lowest BCUT2D eigenvalue weighted by molar-refractivity contribution is -0.145. The number of nitrogens with zero attached hydrogens (tertiary/aromatic N) is 1. The summed E-state index contributed by atoms with van der Waals surface area (Å²) >= 11 is 0. The van der Waals surface area contributed by atoms with Gasteiger partial charge >= 0.3 is 5.97 Å². The van der Waals surface area contributed by atoms with Gasteiger partial charge in [0.05, 0.1) is 13.0 Å². The fraction of sp³-hybridized carbons (Fsp3) is 0.923. The summed E-state index contributed by atoms with van der Waals surface area (Å²) in [5.74, 6) is 0.631. The highest BCUT2D eigenvalue weighted by Crippen LogP contribution is 2.21. The van der Waals surface area contributed by atoms with Crippen molar-refractivity contribution in [3.05, 3.63) is 0 Å². The molecule has 0 aromatic heterocycles. The number of likely N-dealkylation sites (tertiary alicyclic amines) is 1. The van der Waals surface area contributed by atoms with Gasteiger partial charge in [0.15, 0.2) is 0 Å². The standard InChI is InChI=1S/C13H25NO2/c1-4-16-13(15)9-12-7-5-6-8-14(12)10-11(2)3/h11-12H,4-10H2,1-3H3. The molecule has 3 heteroatoms. The molecule has 0 aromatic carbocycles. The van der Waals surface area contributed by atoms with Gasteiger partial charge in [-0.25, -0.2) is 0 Å². The van der Waals surface area contributed by atoms with Gasteiger partial charge in [0.2, 0.25) is 0 Å². The number of hydrogen-bond acceptors (Lipinski definition) is 3. The van der Waals surface area contributed by atoms with Crippen molar-refractivity contribution < 1.29 is 9.53 Å². The number of hydrogen-bond donors (Lipinski definition) is 0. The third-order valence-corrected chi connectivity index (χ3v) is 3.06. The van der Waals surface area contributed by atoms with Gasteiger partial charge in [0.1, 0.15) is 0 Å². The maximum atomic E-state index is 11.5. The van der Waals surface area contributed by atoms with E-state index in [2.05, 4.69) is 18.7 Å². The van der Waals surface area contributed by atoms with Gasteiger partial charge in [0, 0.05) is 12.6 Å². The fourth-order valence-electron chi connectivity index (χ4n) is 2.41. The van der Waals surface area contributed by atoms with Crippen LogP contribution in [0.15, 0.2) is 0 Å². The van der Waals surface area contributed by atoms with Gasteiger partial charge in [-0.1, -0.05) is 20.3 Å². The molecule has 1 unspecified atom stereocenters. The summed E-state index contributed by atoms with van der Waals surface area (Å²) in [4.78, 5) is 14.0. The van der Waals surface area contributed by atoms with Gasteiger partial charge < -0.3 is 4.74 Å². The average Bonchev–Trinajstić information content (AvgIpc) is 2.20. The van der Waals surface area contributed by atoms with Gasteiger partial charge in [-0.15, -0.1) is 0 Å². The monoisotopic (exact) mass is 227 g/mol. The molecule has 1 aliphatic heterocycles. The molecular weight excluding hydrogens is 202 g/mol. The molecular formula is C13H25NO2. The second-order valence-electron chi connectivity index (χ2n) is 5.05. The second-order valence-corrected chi connectivity index (χ2v) is 5.05. The lowest BCUT2D eigenvalue weighted by Gasteiger charge is -2.36. The van der Waals surface area contributed by atoms with Crippen molar-refractivity contribution >= 4 is 5.97 Å². The normalized spacial score (nSPS) is 22.4. The van der Waals surface area contributed by atoms with Crippen LogP contribution in [0.3, 0.4) is 0 Å². The predicted octanol–water partition coefficient (Wildman–Crippen LogP) is 2.45. The van der Waals surface area contributed by atoms with E-state index in [-0.39, 0.29) is 5.97 Å². The number of carbonyl (C=O) groups excluding carboxylic acids is 1. The Morgan fingerprint density at radius 2 is 2.19 bits per heavy atom. The first-order valence-electron chi connectivity index (χ1n) is 6.53. The van der Waals surface area contributed by atoms with Crippen molar-refractivity contribution in [3.63, 3.8) is 0 Å². The summed E-state index contributed by atoms with van der Waals surface area (Å²) in [6, 6.07) is 0.412. The predicted molar refractivity (Wildman–Crippen MR) is 65.3 cm³/mol. The van der Waals surface area contributed by atoms with Gasteiger partial charge in [-0.05, 0) is 32.2 Å². The van der Waals surface area contributed by atoms with Crippen LogP contribution in [0.4, 0.5) is 0 Å². The first-order valence-corrected chi connectivity index (χ1v) is 6.53. The molecule has 16 heavy (non-hydrogen) atoms. The smallest absolute Gasteiger partial charge is 0.307 e. The van der Waals surface area contributed by atoms with Crippen LogP contribution in [0.2, 0.25) is 0 Å². The molecule has 0 N–H and O–H groups in total. The lowest BCUT2D eigenvalue weighted by Crippen LogP contribution is -2.42. The molecule has 94 valence electrons. The number of rotatable bonds is 5. The molecule has 1 atom stereocenters. The van der Waals surface area contributed by atoms with E-state index in [9.17, 15) is 4.79 Å². The highest BCUT2D eigenvalue weighted by atomic mass is 16.5. The molecule has 0 aromatic rings. The molecule has 3 nitrogen and oxygen atoms in total. The Morgan fingerprint density at radius 3 is 2.81 bits per heavy atom. The summed E-state index contributed by atoms with van der Waals surface area (Å²) in [5, 5.41) is 0. The Morgan fingerprint density at radius 1 is 1.44 bits per heavy atom. The number of carbonyl (C=O) groups is 1. The second kappa shape index (κ2) is 6.89. The Balaban J connectivity index is 2.43. The minimum Gasteiger partial charge on any atom is -0.466 e. The molecule has 0 spiro atoms. The van der Waals surface area contributed by atoms with E-state index >= 15 is 0 Å². The molecule has 0 bridgehead atoms. The topological polar surface area (TPSA) is 29.5 Å². The Bertz CT molecular complexity index is 216. The van der Waals surface area contributed by atoms with E-state index in [1.807, 2.05) is 6.92 Å². The summed E-state index contributed by atoms with van der Waals surface area (Å²) < 4.78 is 5.03. The van der Waals surface area contributed by atoms with Crippen LogP contribution in [0.5, 0.6) is 0 Å². The van der Waals surface area contributed by atoms with E-state index in [1.54, 1.807) is 0 Å². The van der Waals surface area contributed by atoms with Crippen molar-refractivity contribution in [3.8, 4) is 0 Å². The molecule has 0 amide bonds. The van der Waals surface area contributed by atoms with Crippen LogP contribution < -0.4 is 0 Å². The van der Waals surface area contributed by atoms with Crippen LogP contribution in [0.1, 0.15) is 46.5 Å². The van der Waals surface area contributed by atoms with Crippen LogP contribution in [-0.4, -0.2) is 36.6 Å². The minimum absolute atomic E-state index is 0.0387. The quantitative estimate of drug-likeness (QED) is 0.676. The highest BCUT2D eigenvalue weighted by molar-refractivity contribution is 5.70. The summed E-state index contributed by atoms with van der Waals surface area (Å²) in [7, 11) is 0. The maximum absolute atomic E-state index is 11.5. The first kappa shape index (κ1) is 13.5. The van der Waals surface area contributed by atoms with E-state index in [0.717, 1.165) is 19.5 Å². The average molecular weight is 227 g/mol. The van der Waals surface area contributed by atoms with E-state index in [1.165, 1.54) is 12.8 Å². The number of ether oxygens (including phenoxy) is 1. The van der Waals surface area contributed by atoms with Gasteiger partial charge in [0.25, 0.3) is 0 Å². The van der Waals surface area contributed by atoms with Crippen molar-refractivity contribution in [2.45, 2.75) is 52.5 Å². The molecule has 0 saturated carbocycles. The number of esters is 1. The van der Waals surface area contributed by atoms with Crippen LogP contribution >= 0.6 is 0 Å². The first-order chi connectivity index (χ1) is 7.63. The SMILES string of the molecule is CCOC(=O)CC1CCCCN1CC(C)C. The van der Waals surface area contributed by atoms with E-state index in [0.29, 0.717) is 25.0 Å². The van der Waals surface area contributed by atoms with Crippen molar-refractivity contribution in [2.24, 2.45) is 5.92 Å². The molecule has 1 heterocycles. The van der Waals surface area contributed by atoms with Crippen molar-refractivity contribution in [1.29, 1.82) is 0 Å². The Labute approximate surface area is 99.1 Å². The zero-order valence-electron chi connectivity index (χ0n) is 10.9. The Hall–Kier alpha value is -0.570. The highest BCUT2D eigenvalue weighted by Gasteiger charge is 2.25. The van der Waals surface area contributed by atoms with E-state index < -0.39 is 0 Å². The molecule has 1 saturated heterocycles. The molecule has 1 rings (SSSR count). The van der Waals surface area contributed by atoms with Gasteiger partial charge in [-0.2, -0.15) is 0 Å². The molecule has 0 radical (unpaired) electrons. The molecule has 1 fully saturated rings. The van der Waals surface area contributed by atoms with Crippen LogP contribution in [0.25, 0.3) is 0 Å². The largest absolute Gasteiger partial charge is 0.466 e.